The van der Waals surface area contributed by atoms with E-state index in [9.17, 15) is 14.4 Å². The minimum atomic E-state index is -0.444. The molecule has 8 heteroatoms. The number of furan rings is 1. The first-order valence-corrected chi connectivity index (χ1v) is 5.65. The number of nitrogens with one attached hydrogen (secondary N) is 2. The molecular weight excluding hydrogens is 252 g/mol. The number of hydrazine groups is 1. The van der Waals surface area contributed by atoms with Crippen LogP contribution in [0.15, 0.2) is 10.5 Å². The summed E-state index contributed by atoms with van der Waals surface area (Å²) in [5, 5.41) is 2.21. The number of hydrogen-bond acceptors (Lipinski definition) is 6. The summed E-state index contributed by atoms with van der Waals surface area (Å²) < 4.78 is 5.41. The molecule has 8 nitrogen and oxygen atoms in total. The highest BCUT2D eigenvalue weighted by Crippen LogP contribution is 2.16. The highest BCUT2D eigenvalue weighted by Gasteiger charge is 2.24. The lowest BCUT2D eigenvalue weighted by molar-refractivity contribution is -0.136. The van der Waals surface area contributed by atoms with Crippen LogP contribution >= 0.6 is 0 Å². The Balaban J connectivity index is 2.09. The molecule has 0 spiro atoms. The summed E-state index contributed by atoms with van der Waals surface area (Å²) in [5.41, 5.74) is 2.36. The molecule has 0 unspecified atom stereocenters. The van der Waals surface area contributed by atoms with Gasteiger partial charge in [0.1, 0.15) is 11.5 Å². The predicted molar refractivity (Wildman–Crippen MR) is 63.5 cm³/mol. The smallest absolute Gasteiger partial charge is 0.268 e. The zero-order valence-corrected chi connectivity index (χ0v) is 10.4. The zero-order chi connectivity index (χ0) is 14.0. The molecule has 4 N–H and O–H groups in total. The molecule has 2 heterocycles. The van der Waals surface area contributed by atoms with Crippen molar-refractivity contribution < 1.29 is 18.8 Å². The molecule has 0 radical (unpaired) electrons. The van der Waals surface area contributed by atoms with E-state index in [-0.39, 0.29) is 31.4 Å². The highest BCUT2D eigenvalue weighted by molar-refractivity contribution is 5.99. The Morgan fingerprint density at radius 2 is 2.11 bits per heavy atom. The van der Waals surface area contributed by atoms with Gasteiger partial charge in [-0.3, -0.25) is 30.0 Å². The fraction of sp³-hybridized carbons (Fsp3) is 0.364. The number of piperazine rings is 1. The number of nitrogens with zero attached hydrogens (tertiary/aromatic N) is 1. The Labute approximate surface area is 108 Å². The standard InChI is InChI=1S/C11H14N4O4/c1-6-8(11(18)14-12)2-7(19-6)3-15-4-9(16)13-10(17)5-15/h2H,3-5,12H2,1H3,(H,14,18)(H,13,16,17). The van der Waals surface area contributed by atoms with Gasteiger partial charge in [-0.15, -0.1) is 0 Å². The number of imide groups is 1. The van der Waals surface area contributed by atoms with Gasteiger partial charge in [0, 0.05) is 0 Å². The van der Waals surface area contributed by atoms with E-state index >= 15 is 0 Å². The molecule has 3 amide bonds. The van der Waals surface area contributed by atoms with E-state index in [0.717, 1.165) is 0 Å². The molecule has 2 rings (SSSR count). The van der Waals surface area contributed by atoms with Gasteiger partial charge in [-0.2, -0.15) is 0 Å². The van der Waals surface area contributed by atoms with Crippen molar-refractivity contribution in [3.63, 3.8) is 0 Å². The summed E-state index contributed by atoms with van der Waals surface area (Å²) in [6, 6.07) is 1.55. The Bertz CT molecular complexity index is 521. The fourth-order valence-corrected chi connectivity index (χ4v) is 1.95. The number of carbonyl (C=O) groups excluding carboxylic acids is 3. The number of aryl methyl sites for hydroxylation is 1. The summed E-state index contributed by atoms with van der Waals surface area (Å²) in [6.45, 7) is 2.15. The molecule has 0 aromatic carbocycles. The van der Waals surface area contributed by atoms with Crippen LogP contribution < -0.4 is 16.6 Å². The third-order valence-corrected chi connectivity index (χ3v) is 2.74. The van der Waals surface area contributed by atoms with Gasteiger partial charge in [0.25, 0.3) is 5.91 Å². The molecule has 1 aromatic heterocycles. The Morgan fingerprint density at radius 3 is 2.68 bits per heavy atom. The second-order valence-corrected chi connectivity index (χ2v) is 4.27. The molecule has 0 aliphatic carbocycles. The summed E-state index contributed by atoms with van der Waals surface area (Å²) in [4.78, 5) is 35.5. The van der Waals surface area contributed by atoms with Crippen LogP contribution in [-0.2, 0) is 16.1 Å². The SMILES string of the molecule is Cc1oc(CN2CC(=O)NC(=O)C2)cc1C(=O)NN. The molecule has 1 fully saturated rings. The average molecular weight is 266 g/mol. The van der Waals surface area contributed by atoms with Gasteiger partial charge in [-0.1, -0.05) is 0 Å². The highest BCUT2D eigenvalue weighted by atomic mass is 16.3. The van der Waals surface area contributed by atoms with E-state index < -0.39 is 5.91 Å². The molecule has 19 heavy (non-hydrogen) atoms. The van der Waals surface area contributed by atoms with E-state index in [1.54, 1.807) is 17.9 Å². The van der Waals surface area contributed by atoms with Crippen LogP contribution in [0.4, 0.5) is 0 Å². The third-order valence-electron chi connectivity index (χ3n) is 2.74. The Morgan fingerprint density at radius 1 is 1.47 bits per heavy atom. The first-order chi connectivity index (χ1) is 8.99. The van der Waals surface area contributed by atoms with Gasteiger partial charge < -0.3 is 4.42 Å². The number of amides is 3. The van der Waals surface area contributed by atoms with Gasteiger partial charge >= 0.3 is 0 Å². The molecule has 0 atom stereocenters. The number of rotatable bonds is 3. The van der Waals surface area contributed by atoms with Crippen molar-refractivity contribution in [2.45, 2.75) is 13.5 Å². The van der Waals surface area contributed by atoms with Crippen LogP contribution in [0.1, 0.15) is 21.9 Å². The summed E-state index contributed by atoms with van der Waals surface area (Å²) in [5.74, 6) is 4.85. The normalized spacial score (nSPS) is 16.3. The number of hydrogen-bond donors (Lipinski definition) is 3. The maximum Gasteiger partial charge on any atom is 0.268 e. The molecule has 1 aromatic rings. The maximum atomic E-state index is 11.4. The molecule has 102 valence electrons. The Hall–Kier alpha value is -2.19. The van der Waals surface area contributed by atoms with E-state index in [1.807, 2.05) is 5.43 Å². The number of nitrogen functional groups attached to an aromatic ring is 1. The van der Waals surface area contributed by atoms with Crippen molar-refractivity contribution >= 4 is 17.7 Å². The third kappa shape index (κ3) is 2.98. The minimum absolute atomic E-state index is 0.115. The predicted octanol–water partition coefficient (Wildman–Crippen LogP) is -1.35. The van der Waals surface area contributed by atoms with Crippen molar-refractivity contribution in [3.05, 3.63) is 23.2 Å². The summed E-state index contributed by atoms with van der Waals surface area (Å²) >= 11 is 0. The van der Waals surface area contributed by atoms with Crippen molar-refractivity contribution in [1.82, 2.24) is 15.6 Å². The molecule has 1 aliphatic heterocycles. The monoisotopic (exact) mass is 266 g/mol. The Kier molecular flexibility index (Phi) is 3.63. The zero-order valence-electron chi connectivity index (χ0n) is 10.4. The fourth-order valence-electron chi connectivity index (χ4n) is 1.95. The van der Waals surface area contributed by atoms with Gasteiger partial charge in [-0.05, 0) is 13.0 Å². The van der Waals surface area contributed by atoms with Crippen molar-refractivity contribution in [2.75, 3.05) is 13.1 Å². The van der Waals surface area contributed by atoms with Gasteiger partial charge in [0.15, 0.2) is 0 Å². The van der Waals surface area contributed by atoms with E-state index in [0.29, 0.717) is 17.1 Å². The van der Waals surface area contributed by atoms with Crippen LogP contribution in [-0.4, -0.2) is 35.7 Å². The minimum Gasteiger partial charge on any atom is -0.464 e. The summed E-state index contributed by atoms with van der Waals surface area (Å²) in [6.07, 6.45) is 0. The van der Waals surface area contributed by atoms with Gasteiger partial charge in [0.2, 0.25) is 11.8 Å². The van der Waals surface area contributed by atoms with E-state index in [2.05, 4.69) is 5.32 Å². The van der Waals surface area contributed by atoms with Crippen LogP contribution in [0.25, 0.3) is 0 Å². The van der Waals surface area contributed by atoms with E-state index in [1.165, 1.54) is 0 Å². The first kappa shape index (κ1) is 13.2. The van der Waals surface area contributed by atoms with E-state index in [4.69, 9.17) is 10.3 Å². The maximum absolute atomic E-state index is 11.4. The van der Waals surface area contributed by atoms with Crippen molar-refractivity contribution in [1.29, 1.82) is 0 Å². The average Bonchev–Trinajstić information content (AvgIpc) is 2.68. The van der Waals surface area contributed by atoms with Crippen molar-refractivity contribution in [3.8, 4) is 0 Å². The van der Waals surface area contributed by atoms with Crippen LogP contribution in [0.3, 0.4) is 0 Å². The molecule has 0 bridgehead atoms. The van der Waals surface area contributed by atoms with Crippen LogP contribution in [0, 0.1) is 6.92 Å². The molecule has 1 aliphatic rings. The van der Waals surface area contributed by atoms with Gasteiger partial charge in [0.05, 0.1) is 25.2 Å². The molecule has 1 saturated heterocycles. The quantitative estimate of drug-likeness (QED) is 0.269. The lowest BCUT2D eigenvalue weighted by Gasteiger charge is -2.23. The molecule has 0 saturated carbocycles. The number of nitrogens with two attached hydrogens (primary N) is 1. The largest absolute Gasteiger partial charge is 0.464 e. The first-order valence-electron chi connectivity index (χ1n) is 5.65. The second kappa shape index (κ2) is 5.21. The second-order valence-electron chi connectivity index (χ2n) is 4.27. The lowest BCUT2D eigenvalue weighted by atomic mass is 10.2. The van der Waals surface area contributed by atoms with Gasteiger partial charge in [-0.25, -0.2) is 5.84 Å². The van der Waals surface area contributed by atoms with Crippen LogP contribution in [0.2, 0.25) is 0 Å². The molecular formula is C11H14N4O4. The summed E-state index contributed by atoms with van der Waals surface area (Å²) in [7, 11) is 0. The van der Waals surface area contributed by atoms with Crippen LogP contribution in [0.5, 0.6) is 0 Å². The lowest BCUT2D eigenvalue weighted by Crippen LogP contribution is -2.50. The number of carbonyl (C=O) groups is 3. The topological polar surface area (TPSA) is 118 Å². The van der Waals surface area contributed by atoms with Crippen molar-refractivity contribution in [2.24, 2.45) is 5.84 Å².